The molecule has 1 unspecified atom stereocenters. The van der Waals surface area contributed by atoms with Crippen LogP contribution in [0.25, 0.3) is 22.2 Å². The number of hydrogen-bond acceptors (Lipinski definition) is 4. The molecule has 1 amide bonds. The predicted octanol–water partition coefficient (Wildman–Crippen LogP) is 3.01. The number of aryl methyl sites for hydroxylation is 1. The van der Waals surface area contributed by atoms with E-state index in [1.165, 1.54) is 5.69 Å². The smallest absolute Gasteiger partial charge is 0.223 e. The van der Waals surface area contributed by atoms with Crippen LogP contribution in [0.3, 0.4) is 0 Å². The van der Waals surface area contributed by atoms with Crippen molar-refractivity contribution in [2.24, 2.45) is 5.92 Å². The fraction of sp³-hybridized carbons (Fsp3) is 0.435. The number of amides is 1. The highest BCUT2D eigenvalue weighted by molar-refractivity contribution is 5.83. The van der Waals surface area contributed by atoms with Gasteiger partial charge in [-0.15, -0.1) is 0 Å². The van der Waals surface area contributed by atoms with Crippen LogP contribution < -0.4 is 0 Å². The molecular formula is C23H24N4O2. The summed E-state index contributed by atoms with van der Waals surface area (Å²) in [6.07, 6.45) is 4.64. The van der Waals surface area contributed by atoms with Crippen molar-refractivity contribution >= 4 is 16.8 Å². The quantitative estimate of drug-likeness (QED) is 0.692. The number of para-hydroxylation sites is 1. The molecule has 1 atom stereocenters. The number of nitrogens with zero attached hydrogens (tertiary/aromatic N) is 4. The molecule has 6 rings (SSSR count). The Kier molecular flexibility index (Phi) is 3.78. The molecule has 3 aliphatic heterocycles. The SMILES string of the molecule is O=C(CC1COC1)N1CCC2(CCn3nc(-c4cnc5ccccc5c4)cc32)C1. The van der Waals surface area contributed by atoms with Gasteiger partial charge in [-0.1, -0.05) is 18.2 Å². The Hall–Kier alpha value is -2.73. The van der Waals surface area contributed by atoms with Crippen LogP contribution in [-0.2, 0) is 21.5 Å². The number of likely N-dealkylation sites (tertiary alicyclic amines) is 1. The standard InChI is InChI=1S/C23H24N4O2/c28-22(9-16-13-29-14-16)26-7-5-23(15-26)6-8-27-21(23)11-20(25-27)18-10-17-3-1-2-4-19(17)24-12-18/h1-4,10-12,16H,5-9,13-15H2. The van der Waals surface area contributed by atoms with Crippen LogP contribution in [0, 0.1) is 5.92 Å². The number of aromatic nitrogens is 3. The Labute approximate surface area is 169 Å². The lowest BCUT2D eigenvalue weighted by molar-refractivity contribution is -0.135. The summed E-state index contributed by atoms with van der Waals surface area (Å²) in [6, 6.07) is 12.6. The van der Waals surface area contributed by atoms with Crippen molar-refractivity contribution in [3.05, 3.63) is 48.3 Å². The molecule has 29 heavy (non-hydrogen) atoms. The third-order valence-corrected chi connectivity index (χ3v) is 6.89. The van der Waals surface area contributed by atoms with Gasteiger partial charge < -0.3 is 9.64 Å². The summed E-state index contributed by atoms with van der Waals surface area (Å²) in [7, 11) is 0. The number of ether oxygens (including phenoxy) is 1. The van der Waals surface area contributed by atoms with Gasteiger partial charge in [0.1, 0.15) is 0 Å². The summed E-state index contributed by atoms with van der Waals surface area (Å²) in [5.41, 5.74) is 4.37. The lowest BCUT2D eigenvalue weighted by Gasteiger charge is -2.28. The van der Waals surface area contributed by atoms with Gasteiger partial charge in [-0.05, 0) is 31.0 Å². The number of rotatable bonds is 3. The summed E-state index contributed by atoms with van der Waals surface area (Å²) >= 11 is 0. The summed E-state index contributed by atoms with van der Waals surface area (Å²) < 4.78 is 7.37. The maximum Gasteiger partial charge on any atom is 0.223 e. The molecule has 2 fully saturated rings. The van der Waals surface area contributed by atoms with Crippen LogP contribution >= 0.6 is 0 Å². The van der Waals surface area contributed by atoms with E-state index in [2.05, 4.69) is 32.8 Å². The van der Waals surface area contributed by atoms with Crippen molar-refractivity contribution in [1.29, 1.82) is 0 Å². The van der Waals surface area contributed by atoms with Gasteiger partial charge in [0.2, 0.25) is 5.91 Å². The third kappa shape index (κ3) is 2.77. The van der Waals surface area contributed by atoms with Crippen LogP contribution in [0.1, 0.15) is 25.0 Å². The van der Waals surface area contributed by atoms with Gasteiger partial charge in [-0.25, -0.2) is 0 Å². The Morgan fingerprint density at radius 2 is 2.03 bits per heavy atom. The molecule has 1 spiro atoms. The van der Waals surface area contributed by atoms with Crippen LogP contribution in [0.4, 0.5) is 0 Å². The van der Waals surface area contributed by atoms with Gasteiger partial charge in [-0.3, -0.25) is 14.5 Å². The van der Waals surface area contributed by atoms with E-state index in [1.54, 1.807) is 0 Å². The third-order valence-electron chi connectivity index (χ3n) is 6.89. The molecule has 0 aliphatic carbocycles. The zero-order valence-corrected chi connectivity index (χ0v) is 16.4. The van der Waals surface area contributed by atoms with Gasteiger partial charge in [0.05, 0.1) is 24.4 Å². The average Bonchev–Trinajstić information content (AvgIpc) is 3.41. The fourth-order valence-corrected chi connectivity index (χ4v) is 5.09. The molecule has 6 nitrogen and oxygen atoms in total. The number of benzene rings is 1. The predicted molar refractivity (Wildman–Crippen MR) is 109 cm³/mol. The Balaban J connectivity index is 1.26. The molecule has 2 saturated heterocycles. The number of pyridine rings is 1. The molecule has 0 bridgehead atoms. The second-order valence-corrected chi connectivity index (χ2v) is 8.76. The van der Waals surface area contributed by atoms with Crippen LogP contribution in [0.5, 0.6) is 0 Å². The van der Waals surface area contributed by atoms with Gasteiger partial charge >= 0.3 is 0 Å². The van der Waals surface area contributed by atoms with Crippen molar-refractivity contribution in [3.8, 4) is 11.3 Å². The first-order valence-corrected chi connectivity index (χ1v) is 10.5. The van der Waals surface area contributed by atoms with Gasteiger partial charge in [0.15, 0.2) is 0 Å². The Morgan fingerprint density at radius 1 is 1.17 bits per heavy atom. The molecule has 0 radical (unpaired) electrons. The maximum absolute atomic E-state index is 12.7. The van der Waals surface area contributed by atoms with Crippen molar-refractivity contribution in [1.82, 2.24) is 19.7 Å². The van der Waals surface area contributed by atoms with Crippen molar-refractivity contribution in [3.63, 3.8) is 0 Å². The van der Waals surface area contributed by atoms with E-state index in [4.69, 9.17) is 9.84 Å². The van der Waals surface area contributed by atoms with E-state index in [0.29, 0.717) is 12.3 Å². The highest BCUT2D eigenvalue weighted by Gasteiger charge is 2.47. The molecule has 0 N–H and O–H groups in total. The second-order valence-electron chi connectivity index (χ2n) is 8.76. The highest BCUT2D eigenvalue weighted by atomic mass is 16.5. The number of hydrogen-bond donors (Lipinski definition) is 0. The fourth-order valence-electron chi connectivity index (χ4n) is 5.09. The van der Waals surface area contributed by atoms with E-state index in [0.717, 1.165) is 67.8 Å². The van der Waals surface area contributed by atoms with Crippen LogP contribution in [0.15, 0.2) is 42.6 Å². The molecule has 1 aromatic carbocycles. The summed E-state index contributed by atoms with van der Waals surface area (Å²) in [5, 5.41) is 6.01. The number of carbonyl (C=O) groups excluding carboxylic acids is 1. The Bertz CT molecular complexity index is 1100. The molecular weight excluding hydrogens is 364 g/mol. The minimum Gasteiger partial charge on any atom is -0.381 e. The van der Waals surface area contributed by atoms with E-state index in [1.807, 2.05) is 24.4 Å². The molecule has 2 aromatic heterocycles. The number of fused-ring (bicyclic) bond motifs is 3. The van der Waals surface area contributed by atoms with E-state index >= 15 is 0 Å². The summed E-state index contributed by atoms with van der Waals surface area (Å²) in [4.78, 5) is 19.4. The lowest BCUT2D eigenvalue weighted by atomic mass is 9.82. The molecule has 6 heteroatoms. The van der Waals surface area contributed by atoms with Gasteiger partial charge in [0, 0.05) is 60.2 Å². The van der Waals surface area contributed by atoms with Crippen molar-refractivity contribution in [2.75, 3.05) is 26.3 Å². The van der Waals surface area contributed by atoms with Crippen molar-refractivity contribution in [2.45, 2.75) is 31.2 Å². The minimum atomic E-state index is 0.0568. The first-order chi connectivity index (χ1) is 14.2. The zero-order chi connectivity index (χ0) is 19.4. The summed E-state index contributed by atoms with van der Waals surface area (Å²) in [6.45, 7) is 4.07. The monoisotopic (exact) mass is 388 g/mol. The Morgan fingerprint density at radius 3 is 2.90 bits per heavy atom. The lowest BCUT2D eigenvalue weighted by Crippen LogP contribution is -2.38. The molecule has 148 valence electrons. The number of carbonyl (C=O) groups is 1. The first kappa shape index (κ1) is 17.2. The van der Waals surface area contributed by atoms with Crippen LogP contribution in [-0.4, -0.2) is 51.9 Å². The van der Waals surface area contributed by atoms with Crippen molar-refractivity contribution < 1.29 is 9.53 Å². The van der Waals surface area contributed by atoms with Gasteiger partial charge in [0.25, 0.3) is 0 Å². The van der Waals surface area contributed by atoms with Gasteiger partial charge in [-0.2, -0.15) is 5.10 Å². The average molecular weight is 388 g/mol. The molecule has 0 saturated carbocycles. The largest absolute Gasteiger partial charge is 0.381 e. The molecule has 3 aliphatic rings. The van der Waals surface area contributed by atoms with E-state index in [9.17, 15) is 4.79 Å². The topological polar surface area (TPSA) is 60.2 Å². The van der Waals surface area contributed by atoms with Crippen LogP contribution in [0.2, 0.25) is 0 Å². The highest BCUT2D eigenvalue weighted by Crippen LogP contribution is 2.44. The van der Waals surface area contributed by atoms with E-state index < -0.39 is 0 Å². The molecule has 3 aromatic rings. The minimum absolute atomic E-state index is 0.0568. The normalized spacial score (nSPS) is 23.7. The first-order valence-electron chi connectivity index (χ1n) is 10.5. The maximum atomic E-state index is 12.7. The molecule has 5 heterocycles. The second kappa shape index (κ2) is 6.39. The zero-order valence-electron chi connectivity index (χ0n) is 16.4. The summed E-state index contributed by atoms with van der Waals surface area (Å²) in [5.74, 6) is 0.701. The van der Waals surface area contributed by atoms with E-state index in [-0.39, 0.29) is 11.3 Å².